The molecule has 1 saturated carbocycles. The highest BCUT2D eigenvalue weighted by Gasteiger charge is 2.33. The molecule has 0 saturated heterocycles. The van der Waals surface area contributed by atoms with Crippen molar-refractivity contribution < 1.29 is 9.18 Å². The van der Waals surface area contributed by atoms with Crippen LogP contribution in [0.5, 0.6) is 0 Å². The molecule has 0 radical (unpaired) electrons. The molecule has 0 bridgehead atoms. The van der Waals surface area contributed by atoms with Crippen LogP contribution in [-0.4, -0.2) is 21.9 Å². The molecule has 0 aliphatic heterocycles. The maximum absolute atomic E-state index is 13.4. The molecule has 1 amide bonds. The van der Waals surface area contributed by atoms with Gasteiger partial charge in [0.05, 0.1) is 6.54 Å². The fraction of sp³-hybridized carbons (Fsp3) is 0.450. The number of aromatic nitrogens is 1. The second-order valence-corrected chi connectivity index (χ2v) is 7.14. The van der Waals surface area contributed by atoms with Gasteiger partial charge in [0.2, 0.25) is 5.91 Å². The van der Waals surface area contributed by atoms with Crippen LogP contribution in [0, 0.1) is 17.7 Å². The summed E-state index contributed by atoms with van der Waals surface area (Å²) in [6.45, 7) is 6.29. The van der Waals surface area contributed by atoms with E-state index in [9.17, 15) is 9.18 Å². The summed E-state index contributed by atoms with van der Waals surface area (Å²) in [5.41, 5.74) is 2.02. The minimum absolute atomic E-state index is 0.216. The Morgan fingerprint density at radius 3 is 2.75 bits per heavy atom. The van der Waals surface area contributed by atoms with Crippen molar-refractivity contribution in [1.82, 2.24) is 9.47 Å². The van der Waals surface area contributed by atoms with E-state index >= 15 is 0 Å². The molecule has 0 N–H and O–H groups in total. The molecule has 3 nitrogen and oxygen atoms in total. The summed E-state index contributed by atoms with van der Waals surface area (Å²) < 4.78 is 15.5. The Bertz CT molecular complexity index is 703. The second-order valence-electron chi connectivity index (χ2n) is 7.14. The quantitative estimate of drug-likeness (QED) is 0.752. The molecule has 1 aromatic heterocycles. The number of halogens is 1. The Labute approximate surface area is 143 Å². The Hall–Kier alpha value is -2.10. The Morgan fingerprint density at radius 1 is 1.29 bits per heavy atom. The van der Waals surface area contributed by atoms with Gasteiger partial charge in [0.1, 0.15) is 5.82 Å². The van der Waals surface area contributed by atoms with E-state index in [-0.39, 0.29) is 17.6 Å². The summed E-state index contributed by atoms with van der Waals surface area (Å²) >= 11 is 0. The van der Waals surface area contributed by atoms with Gasteiger partial charge in [0.15, 0.2) is 0 Å². The normalized spacial score (nSPS) is 14.2. The van der Waals surface area contributed by atoms with Crippen LogP contribution >= 0.6 is 0 Å². The standard InChI is InChI=1S/C20H25FN2O/c1-15(2)12-23(20(24)17-8-9-17)14-19-7-4-10-22(19)13-16-5-3-6-18(21)11-16/h3-7,10-11,15,17H,8-9,12-14H2,1-2H3. The van der Waals surface area contributed by atoms with Gasteiger partial charge in [-0.15, -0.1) is 0 Å². The van der Waals surface area contributed by atoms with Crippen molar-refractivity contribution in [3.8, 4) is 0 Å². The van der Waals surface area contributed by atoms with Crippen LogP contribution in [0.15, 0.2) is 42.6 Å². The summed E-state index contributed by atoms with van der Waals surface area (Å²) in [5.74, 6) is 0.739. The molecule has 3 rings (SSSR count). The lowest BCUT2D eigenvalue weighted by Gasteiger charge is -2.25. The molecular formula is C20H25FN2O. The number of amides is 1. The lowest BCUT2D eigenvalue weighted by Crippen LogP contribution is -2.35. The Balaban J connectivity index is 1.74. The zero-order valence-electron chi connectivity index (χ0n) is 14.4. The number of carbonyl (C=O) groups is 1. The molecule has 1 heterocycles. The van der Waals surface area contributed by atoms with Gasteiger partial charge in [-0.05, 0) is 48.6 Å². The number of rotatable bonds is 7. The number of hydrogen-bond acceptors (Lipinski definition) is 1. The molecule has 24 heavy (non-hydrogen) atoms. The van der Waals surface area contributed by atoms with Crippen LogP contribution in [0.1, 0.15) is 37.9 Å². The largest absolute Gasteiger partial charge is 0.345 e. The predicted octanol–water partition coefficient (Wildman–Crippen LogP) is 4.07. The Morgan fingerprint density at radius 2 is 2.08 bits per heavy atom. The SMILES string of the molecule is CC(C)CN(Cc1cccn1Cc1cccc(F)c1)C(=O)C1CC1. The van der Waals surface area contributed by atoms with Crippen molar-refractivity contribution in [2.45, 2.75) is 39.8 Å². The molecule has 1 aromatic carbocycles. The first-order valence-corrected chi connectivity index (χ1v) is 8.70. The van der Waals surface area contributed by atoms with Gasteiger partial charge in [-0.1, -0.05) is 26.0 Å². The topological polar surface area (TPSA) is 25.2 Å². The number of carbonyl (C=O) groups excluding carboxylic acids is 1. The molecule has 128 valence electrons. The minimum atomic E-state index is -0.216. The van der Waals surface area contributed by atoms with Crippen LogP contribution in [0.3, 0.4) is 0 Å². The van der Waals surface area contributed by atoms with Gasteiger partial charge in [-0.3, -0.25) is 4.79 Å². The van der Waals surface area contributed by atoms with Crippen molar-refractivity contribution in [2.75, 3.05) is 6.54 Å². The molecule has 1 aliphatic carbocycles. The monoisotopic (exact) mass is 328 g/mol. The number of benzene rings is 1. The third-order valence-corrected chi connectivity index (χ3v) is 4.34. The molecule has 0 spiro atoms. The van der Waals surface area contributed by atoms with Gasteiger partial charge in [-0.2, -0.15) is 0 Å². The van der Waals surface area contributed by atoms with E-state index in [0.717, 1.165) is 30.6 Å². The van der Waals surface area contributed by atoms with E-state index in [4.69, 9.17) is 0 Å². The summed E-state index contributed by atoms with van der Waals surface area (Å²) in [5, 5.41) is 0. The minimum Gasteiger partial charge on any atom is -0.345 e. The molecule has 1 aliphatic rings. The van der Waals surface area contributed by atoms with Crippen molar-refractivity contribution in [2.24, 2.45) is 11.8 Å². The molecule has 0 unspecified atom stereocenters. The average Bonchev–Trinajstić information content (AvgIpc) is 3.29. The summed E-state index contributed by atoms with van der Waals surface area (Å²) in [7, 11) is 0. The van der Waals surface area contributed by atoms with E-state index in [0.29, 0.717) is 19.0 Å². The van der Waals surface area contributed by atoms with Crippen LogP contribution in [-0.2, 0) is 17.9 Å². The van der Waals surface area contributed by atoms with Crippen LogP contribution < -0.4 is 0 Å². The van der Waals surface area contributed by atoms with Crippen molar-refractivity contribution in [3.63, 3.8) is 0 Å². The van der Waals surface area contributed by atoms with E-state index < -0.39 is 0 Å². The van der Waals surface area contributed by atoms with E-state index in [1.165, 1.54) is 6.07 Å². The average molecular weight is 328 g/mol. The molecular weight excluding hydrogens is 303 g/mol. The maximum atomic E-state index is 13.4. The molecule has 0 atom stereocenters. The van der Waals surface area contributed by atoms with Gasteiger partial charge in [0, 0.05) is 30.9 Å². The van der Waals surface area contributed by atoms with Crippen LogP contribution in [0.25, 0.3) is 0 Å². The molecule has 1 fully saturated rings. The fourth-order valence-electron chi connectivity index (χ4n) is 3.04. The lowest BCUT2D eigenvalue weighted by atomic mass is 10.2. The highest BCUT2D eigenvalue weighted by atomic mass is 19.1. The first kappa shape index (κ1) is 16.7. The van der Waals surface area contributed by atoms with E-state index in [2.05, 4.69) is 18.4 Å². The zero-order chi connectivity index (χ0) is 17.1. The molecule has 4 heteroatoms. The van der Waals surface area contributed by atoms with E-state index in [1.54, 1.807) is 12.1 Å². The summed E-state index contributed by atoms with van der Waals surface area (Å²) in [4.78, 5) is 14.5. The third-order valence-electron chi connectivity index (χ3n) is 4.34. The predicted molar refractivity (Wildman–Crippen MR) is 92.9 cm³/mol. The lowest BCUT2D eigenvalue weighted by molar-refractivity contribution is -0.133. The third kappa shape index (κ3) is 4.25. The Kier molecular flexibility index (Phi) is 5.03. The van der Waals surface area contributed by atoms with Crippen LogP contribution in [0.2, 0.25) is 0 Å². The summed E-state index contributed by atoms with van der Waals surface area (Å²) in [6, 6.07) is 10.7. The highest BCUT2D eigenvalue weighted by molar-refractivity contribution is 5.81. The van der Waals surface area contributed by atoms with Gasteiger partial charge >= 0.3 is 0 Å². The highest BCUT2D eigenvalue weighted by Crippen LogP contribution is 2.31. The second kappa shape index (κ2) is 7.20. The van der Waals surface area contributed by atoms with E-state index in [1.807, 2.05) is 29.3 Å². The van der Waals surface area contributed by atoms with Gasteiger partial charge in [-0.25, -0.2) is 4.39 Å². The molecule has 2 aromatic rings. The number of hydrogen-bond donors (Lipinski definition) is 0. The van der Waals surface area contributed by atoms with Crippen molar-refractivity contribution in [3.05, 3.63) is 59.7 Å². The summed E-state index contributed by atoms with van der Waals surface area (Å²) in [6.07, 6.45) is 4.05. The first-order valence-electron chi connectivity index (χ1n) is 8.70. The fourth-order valence-corrected chi connectivity index (χ4v) is 3.04. The maximum Gasteiger partial charge on any atom is 0.226 e. The van der Waals surface area contributed by atoms with Crippen LogP contribution in [0.4, 0.5) is 4.39 Å². The van der Waals surface area contributed by atoms with Gasteiger partial charge < -0.3 is 9.47 Å². The first-order chi connectivity index (χ1) is 11.5. The van der Waals surface area contributed by atoms with Gasteiger partial charge in [0.25, 0.3) is 0 Å². The number of nitrogens with zero attached hydrogens (tertiary/aromatic N) is 2. The van der Waals surface area contributed by atoms with Crippen molar-refractivity contribution >= 4 is 5.91 Å². The smallest absolute Gasteiger partial charge is 0.226 e. The van der Waals surface area contributed by atoms with Crippen molar-refractivity contribution in [1.29, 1.82) is 0 Å². The zero-order valence-corrected chi connectivity index (χ0v) is 14.4.